The fourth-order valence-electron chi connectivity index (χ4n) is 4.24. The van der Waals surface area contributed by atoms with Gasteiger partial charge in [0.05, 0.1) is 17.6 Å². The Morgan fingerprint density at radius 2 is 1.71 bits per heavy atom. The Labute approximate surface area is 177 Å². The maximum atomic E-state index is 15.9. The number of aromatic nitrogens is 2. The molecule has 0 radical (unpaired) electrons. The van der Waals surface area contributed by atoms with Gasteiger partial charge < -0.3 is 5.11 Å². The molecular formula is C24H22F4N2O. The van der Waals surface area contributed by atoms with E-state index in [4.69, 9.17) is 0 Å². The average molecular weight is 430 g/mol. The molecular weight excluding hydrogens is 408 g/mol. The average Bonchev–Trinajstić information content (AvgIpc) is 3.16. The molecule has 0 spiro atoms. The van der Waals surface area contributed by atoms with Gasteiger partial charge in [-0.15, -0.1) is 0 Å². The summed E-state index contributed by atoms with van der Waals surface area (Å²) in [6, 6.07) is 13.0. The van der Waals surface area contributed by atoms with Crippen molar-refractivity contribution in [1.29, 1.82) is 0 Å². The molecule has 2 unspecified atom stereocenters. The molecule has 1 heterocycles. The number of alkyl halides is 3. The normalized spacial score (nSPS) is 21.4. The molecule has 1 N–H and O–H groups in total. The zero-order chi connectivity index (χ0) is 22.4. The van der Waals surface area contributed by atoms with Crippen molar-refractivity contribution in [1.82, 2.24) is 9.78 Å². The molecule has 0 amide bonds. The molecule has 0 saturated carbocycles. The number of hydrogen-bond acceptors (Lipinski definition) is 2. The van der Waals surface area contributed by atoms with Gasteiger partial charge in [-0.3, -0.25) is 0 Å². The molecule has 0 aliphatic heterocycles. The first-order valence-electron chi connectivity index (χ1n) is 9.89. The van der Waals surface area contributed by atoms with Gasteiger partial charge in [0, 0.05) is 5.41 Å². The smallest absolute Gasteiger partial charge is 0.273 e. The maximum absolute atomic E-state index is 15.9. The Morgan fingerprint density at radius 1 is 1.06 bits per heavy atom. The molecule has 1 aliphatic carbocycles. The summed E-state index contributed by atoms with van der Waals surface area (Å²) in [5, 5.41) is 15.2. The highest BCUT2D eigenvalue weighted by Crippen LogP contribution is 2.50. The van der Waals surface area contributed by atoms with Gasteiger partial charge in [0.25, 0.3) is 6.43 Å². The zero-order valence-corrected chi connectivity index (χ0v) is 17.1. The number of benzene rings is 2. The summed E-state index contributed by atoms with van der Waals surface area (Å²) in [6.07, 6.45) is -2.27. The van der Waals surface area contributed by atoms with Gasteiger partial charge in [-0.25, -0.2) is 22.2 Å². The third kappa shape index (κ3) is 3.37. The lowest BCUT2D eigenvalue weighted by molar-refractivity contribution is -0.170. The van der Waals surface area contributed by atoms with Gasteiger partial charge in [-0.2, -0.15) is 5.10 Å². The van der Waals surface area contributed by atoms with E-state index in [9.17, 15) is 18.3 Å². The summed E-state index contributed by atoms with van der Waals surface area (Å²) >= 11 is 0. The van der Waals surface area contributed by atoms with Crippen LogP contribution in [-0.4, -0.2) is 27.5 Å². The molecule has 0 fully saturated rings. The van der Waals surface area contributed by atoms with Gasteiger partial charge in [-0.05, 0) is 54.8 Å². The summed E-state index contributed by atoms with van der Waals surface area (Å²) in [4.78, 5) is 0. The van der Waals surface area contributed by atoms with E-state index in [1.165, 1.54) is 43.3 Å². The van der Waals surface area contributed by atoms with Gasteiger partial charge in [0.15, 0.2) is 5.60 Å². The second kappa shape index (κ2) is 7.64. The Hall–Kier alpha value is -2.93. The van der Waals surface area contributed by atoms with Crippen molar-refractivity contribution < 1.29 is 22.7 Å². The zero-order valence-electron chi connectivity index (χ0n) is 17.1. The van der Waals surface area contributed by atoms with E-state index in [0.29, 0.717) is 22.5 Å². The highest BCUT2D eigenvalue weighted by molar-refractivity contribution is 5.61. The van der Waals surface area contributed by atoms with E-state index in [0.717, 1.165) is 0 Å². The van der Waals surface area contributed by atoms with Crippen LogP contribution < -0.4 is 0 Å². The van der Waals surface area contributed by atoms with Gasteiger partial charge >= 0.3 is 0 Å². The van der Waals surface area contributed by atoms with E-state index in [1.54, 1.807) is 42.1 Å². The number of nitrogens with zero attached hydrogens (tertiary/aromatic N) is 2. The van der Waals surface area contributed by atoms with E-state index >= 15 is 4.39 Å². The number of rotatable bonds is 5. The Morgan fingerprint density at radius 3 is 2.32 bits per heavy atom. The molecule has 162 valence electrons. The third-order valence-electron chi connectivity index (χ3n) is 6.28. The van der Waals surface area contributed by atoms with Gasteiger partial charge in [0.1, 0.15) is 12.0 Å². The summed E-state index contributed by atoms with van der Waals surface area (Å²) in [5.74, 6) is -0.378. The van der Waals surface area contributed by atoms with Crippen LogP contribution in [0.3, 0.4) is 0 Å². The molecule has 0 bridgehead atoms. The lowest BCUT2D eigenvalue weighted by atomic mass is 9.65. The van der Waals surface area contributed by atoms with Crippen LogP contribution in [-0.2, 0) is 12.0 Å². The number of halogens is 4. The Balaban J connectivity index is 1.75. The molecule has 1 aromatic heterocycles. The topological polar surface area (TPSA) is 38.0 Å². The predicted octanol–water partition coefficient (Wildman–Crippen LogP) is 5.47. The molecule has 3 aromatic rings. The molecule has 2 aromatic carbocycles. The van der Waals surface area contributed by atoms with Crippen molar-refractivity contribution in [3.63, 3.8) is 0 Å². The van der Waals surface area contributed by atoms with Crippen molar-refractivity contribution in [3.8, 4) is 5.69 Å². The van der Waals surface area contributed by atoms with E-state index < -0.39 is 23.6 Å². The van der Waals surface area contributed by atoms with Crippen molar-refractivity contribution in [2.45, 2.75) is 38.5 Å². The molecule has 4 rings (SSSR count). The molecule has 31 heavy (non-hydrogen) atoms. The van der Waals surface area contributed by atoms with Crippen LogP contribution in [0.2, 0.25) is 0 Å². The maximum Gasteiger partial charge on any atom is 0.273 e. The third-order valence-corrected chi connectivity index (χ3v) is 6.28. The number of hydrogen-bond donors (Lipinski definition) is 1. The molecule has 1 aliphatic rings. The molecule has 3 atom stereocenters. The van der Waals surface area contributed by atoms with Gasteiger partial charge in [0.2, 0.25) is 0 Å². The first kappa shape index (κ1) is 21.3. The second-order valence-electron chi connectivity index (χ2n) is 8.22. The van der Waals surface area contributed by atoms with Crippen LogP contribution in [0.15, 0.2) is 66.4 Å². The van der Waals surface area contributed by atoms with Crippen LogP contribution >= 0.6 is 0 Å². The minimum Gasteiger partial charge on any atom is -0.377 e. The summed E-state index contributed by atoms with van der Waals surface area (Å²) in [6.45, 7) is 3.20. The van der Waals surface area contributed by atoms with Crippen molar-refractivity contribution >= 4 is 6.08 Å². The van der Waals surface area contributed by atoms with Crippen LogP contribution in [0, 0.1) is 11.2 Å². The lowest BCUT2D eigenvalue weighted by Gasteiger charge is -2.44. The SMILES string of the molecule is CC1=Cc2c(cnn2-c2ccc(F)cc2)C[C@@]1(C)C(F)C(O)(c1ccccc1)C(F)F. The largest absolute Gasteiger partial charge is 0.377 e. The monoisotopic (exact) mass is 430 g/mol. The Kier molecular flexibility index (Phi) is 5.25. The molecule has 0 saturated heterocycles. The highest BCUT2D eigenvalue weighted by Gasteiger charge is 2.56. The van der Waals surface area contributed by atoms with Crippen LogP contribution in [0.4, 0.5) is 17.6 Å². The van der Waals surface area contributed by atoms with Crippen molar-refractivity contribution in [2.75, 3.05) is 0 Å². The van der Waals surface area contributed by atoms with E-state index in [1.807, 2.05) is 0 Å². The second-order valence-corrected chi connectivity index (χ2v) is 8.22. The van der Waals surface area contributed by atoms with Gasteiger partial charge in [-0.1, -0.05) is 42.8 Å². The number of aliphatic hydroxyl groups is 1. The molecule has 3 nitrogen and oxygen atoms in total. The number of allylic oxidation sites excluding steroid dienone is 1. The summed E-state index contributed by atoms with van der Waals surface area (Å²) in [5.41, 5.74) is -2.05. The number of fused-ring (bicyclic) bond motifs is 1. The fraction of sp³-hybridized carbons (Fsp3) is 0.292. The molecule has 7 heteroatoms. The summed E-state index contributed by atoms with van der Waals surface area (Å²) < 4.78 is 58.9. The van der Waals surface area contributed by atoms with E-state index in [2.05, 4.69) is 5.10 Å². The highest BCUT2D eigenvalue weighted by atomic mass is 19.3. The van der Waals surface area contributed by atoms with E-state index in [-0.39, 0.29) is 17.8 Å². The minimum absolute atomic E-state index is 0.0783. The standard InChI is InChI=1S/C24H22F4N2O/c1-15-12-20-16(14-29-30(20)19-10-8-18(25)9-11-19)13-23(15,2)21(26)24(31,22(27)28)17-6-4-3-5-7-17/h3-12,14,21-22,31H,13H2,1-2H3/t21?,23-,24?/m1/s1. The lowest BCUT2D eigenvalue weighted by Crippen LogP contribution is -2.53. The van der Waals surface area contributed by atoms with Crippen molar-refractivity contribution in [3.05, 3.63) is 89.0 Å². The van der Waals surface area contributed by atoms with Crippen LogP contribution in [0.5, 0.6) is 0 Å². The first-order chi connectivity index (χ1) is 14.7. The predicted molar refractivity (Wildman–Crippen MR) is 110 cm³/mol. The first-order valence-corrected chi connectivity index (χ1v) is 9.89. The quantitative estimate of drug-likeness (QED) is 0.546. The van der Waals surface area contributed by atoms with Crippen LogP contribution in [0.1, 0.15) is 30.7 Å². The van der Waals surface area contributed by atoms with Crippen LogP contribution in [0.25, 0.3) is 11.8 Å². The van der Waals surface area contributed by atoms with Crippen molar-refractivity contribution in [2.24, 2.45) is 5.41 Å². The summed E-state index contributed by atoms with van der Waals surface area (Å²) in [7, 11) is 0. The minimum atomic E-state index is -3.32. The fourth-order valence-corrected chi connectivity index (χ4v) is 4.24. The Bertz CT molecular complexity index is 1110.